The van der Waals surface area contributed by atoms with E-state index in [2.05, 4.69) is 5.32 Å². The number of rotatable bonds is 3. The molecule has 6 heteroatoms. The predicted molar refractivity (Wildman–Crippen MR) is 81.8 cm³/mol. The molecule has 1 heterocycles. The zero-order chi connectivity index (χ0) is 15.4. The van der Waals surface area contributed by atoms with Crippen molar-refractivity contribution in [3.05, 3.63) is 24.3 Å². The number of nitrogens with one attached hydrogen (secondary N) is 1. The molecular formula is C15H21N3O3. The van der Waals surface area contributed by atoms with Crippen LogP contribution in [-0.2, 0) is 4.79 Å². The van der Waals surface area contributed by atoms with Gasteiger partial charge in [-0.15, -0.1) is 0 Å². The van der Waals surface area contributed by atoms with Crippen LogP contribution in [-0.4, -0.2) is 48.7 Å². The molecule has 2 amide bonds. The highest BCUT2D eigenvalue weighted by Gasteiger charge is 2.31. The van der Waals surface area contributed by atoms with Gasteiger partial charge >= 0.3 is 12.0 Å². The topological polar surface area (TPSA) is 72.9 Å². The van der Waals surface area contributed by atoms with Gasteiger partial charge in [-0.05, 0) is 43.5 Å². The third-order valence-electron chi connectivity index (χ3n) is 3.68. The third kappa shape index (κ3) is 3.65. The summed E-state index contributed by atoms with van der Waals surface area (Å²) >= 11 is 0. The van der Waals surface area contributed by atoms with Crippen molar-refractivity contribution in [1.82, 2.24) is 4.90 Å². The minimum atomic E-state index is -0.937. The van der Waals surface area contributed by atoms with Crippen molar-refractivity contribution >= 4 is 23.4 Å². The van der Waals surface area contributed by atoms with Gasteiger partial charge in [-0.2, -0.15) is 0 Å². The number of carbonyl (C=O) groups is 2. The summed E-state index contributed by atoms with van der Waals surface area (Å²) in [6.07, 6.45) is 2.21. The van der Waals surface area contributed by atoms with Crippen LogP contribution in [0.1, 0.15) is 19.3 Å². The van der Waals surface area contributed by atoms with Gasteiger partial charge in [0.05, 0.1) is 0 Å². The van der Waals surface area contributed by atoms with Crippen molar-refractivity contribution in [3.8, 4) is 0 Å². The fourth-order valence-electron chi connectivity index (χ4n) is 2.47. The Morgan fingerprint density at radius 1 is 1.24 bits per heavy atom. The summed E-state index contributed by atoms with van der Waals surface area (Å²) in [5.74, 6) is -0.937. The van der Waals surface area contributed by atoms with Crippen molar-refractivity contribution in [2.75, 3.05) is 30.9 Å². The second kappa shape index (κ2) is 6.47. The quantitative estimate of drug-likeness (QED) is 0.895. The number of anilines is 2. The van der Waals surface area contributed by atoms with Gasteiger partial charge in [0.25, 0.3) is 0 Å². The Kier molecular flexibility index (Phi) is 4.67. The molecule has 1 aromatic carbocycles. The van der Waals surface area contributed by atoms with E-state index in [1.165, 1.54) is 4.90 Å². The number of amides is 2. The number of benzene rings is 1. The Labute approximate surface area is 124 Å². The van der Waals surface area contributed by atoms with Gasteiger partial charge in [-0.25, -0.2) is 9.59 Å². The standard InChI is InChI=1S/C15H21N3O3/c1-17(2)12-8-6-11(7-9-12)16-15(21)18-10-4-3-5-13(18)14(19)20/h6-9,13H,3-5,10H2,1-2H3,(H,16,21)(H,19,20). The molecule has 1 unspecified atom stereocenters. The molecular weight excluding hydrogens is 270 g/mol. The molecule has 0 saturated carbocycles. The first-order valence-electron chi connectivity index (χ1n) is 7.07. The first kappa shape index (κ1) is 15.2. The SMILES string of the molecule is CN(C)c1ccc(NC(=O)N2CCCCC2C(=O)O)cc1. The van der Waals surface area contributed by atoms with Gasteiger partial charge in [0, 0.05) is 32.0 Å². The summed E-state index contributed by atoms with van der Waals surface area (Å²) in [5, 5.41) is 12.0. The molecule has 0 aliphatic carbocycles. The first-order valence-corrected chi connectivity index (χ1v) is 7.07. The molecule has 114 valence electrons. The lowest BCUT2D eigenvalue weighted by molar-refractivity contribution is -0.143. The van der Waals surface area contributed by atoms with Gasteiger partial charge < -0.3 is 20.2 Å². The van der Waals surface area contributed by atoms with Crippen LogP contribution in [0.4, 0.5) is 16.2 Å². The second-order valence-electron chi connectivity index (χ2n) is 5.41. The highest BCUT2D eigenvalue weighted by Crippen LogP contribution is 2.20. The van der Waals surface area contributed by atoms with Crippen molar-refractivity contribution in [2.45, 2.75) is 25.3 Å². The number of piperidine rings is 1. The van der Waals surface area contributed by atoms with Gasteiger partial charge in [-0.3, -0.25) is 0 Å². The van der Waals surface area contributed by atoms with Crippen molar-refractivity contribution in [3.63, 3.8) is 0 Å². The van der Waals surface area contributed by atoms with Gasteiger partial charge in [-0.1, -0.05) is 0 Å². The van der Waals surface area contributed by atoms with Crippen LogP contribution in [0.15, 0.2) is 24.3 Å². The maximum atomic E-state index is 12.2. The number of nitrogens with zero attached hydrogens (tertiary/aromatic N) is 2. The minimum absolute atomic E-state index is 0.347. The Morgan fingerprint density at radius 3 is 2.48 bits per heavy atom. The Morgan fingerprint density at radius 2 is 1.90 bits per heavy atom. The number of aliphatic carboxylic acids is 1. The van der Waals surface area contributed by atoms with E-state index in [1.54, 1.807) is 0 Å². The number of likely N-dealkylation sites (tertiary alicyclic amines) is 1. The fourth-order valence-corrected chi connectivity index (χ4v) is 2.47. The van der Waals surface area contributed by atoms with Crippen LogP contribution in [0, 0.1) is 0 Å². The third-order valence-corrected chi connectivity index (χ3v) is 3.68. The highest BCUT2D eigenvalue weighted by atomic mass is 16.4. The van der Waals surface area contributed by atoms with E-state index in [1.807, 2.05) is 43.3 Å². The van der Waals surface area contributed by atoms with Crippen LogP contribution in [0.5, 0.6) is 0 Å². The Balaban J connectivity index is 2.04. The molecule has 21 heavy (non-hydrogen) atoms. The van der Waals surface area contributed by atoms with E-state index >= 15 is 0 Å². The number of urea groups is 1. The normalized spacial score (nSPS) is 18.2. The molecule has 6 nitrogen and oxygen atoms in total. The predicted octanol–water partition coefficient (Wildman–Crippen LogP) is 2.22. The van der Waals surface area contributed by atoms with Crippen molar-refractivity contribution in [1.29, 1.82) is 0 Å². The molecule has 1 atom stereocenters. The lowest BCUT2D eigenvalue weighted by atomic mass is 10.0. The smallest absolute Gasteiger partial charge is 0.326 e. The van der Waals surface area contributed by atoms with Crippen LogP contribution in [0.3, 0.4) is 0 Å². The molecule has 0 radical (unpaired) electrons. The summed E-state index contributed by atoms with van der Waals surface area (Å²) in [6, 6.07) is 6.36. The molecule has 1 saturated heterocycles. The summed E-state index contributed by atoms with van der Waals surface area (Å²) in [4.78, 5) is 26.8. The summed E-state index contributed by atoms with van der Waals surface area (Å²) < 4.78 is 0. The zero-order valence-electron chi connectivity index (χ0n) is 12.4. The Bertz CT molecular complexity index is 513. The van der Waals surface area contributed by atoms with Gasteiger partial charge in [0.2, 0.25) is 0 Å². The molecule has 0 aromatic heterocycles. The van der Waals surface area contributed by atoms with Crippen LogP contribution < -0.4 is 10.2 Å². The monoisotopic (exact) mass is 291 g/mol. The van der Waals surface area contributed by atoms with Crippen molar-refractivity contribution in [2.24, 2.45) is 0 Å². The highest BCUT2D eigenvalue weighted by molar-refractivity contribution is 5.92. The van der Waals surface area contributed by atoms with Crippen LogP contribution in [0.25, 0.3) is 0 Å². The largest absolute Gasteiger partial charge is 0.480 e. The Hall–Kier alpha value is -2.24. The zero-order valence-corrected chi connectivity index (χ0v) is 12.4. The van der Waals surface area contributed by atoms with E-state index < -0.39 is 12.0 Å². The fraction of sp³-hybridized carbons (Fsp3) is 0.467. The lowest BCUT2D eigenvalue weighted by Gasteiger charge is -2.32. The lowest BCUT2D eigenvalue weighted by Crippen LogP contribution is -2.49. The molecule has 1 fully saturated rings. The maximum Gasteiger partial charge on any atom is 0.326 e. The van der Waals surface area contributed by atoms with Crippen LogP contribution in [0.2, 0.25) is 0 Å². The number of hydrogen-bond acceptors (Lipinski definition) is 3. The summed E-state index contributed by atoms with van der Waals surface area (Å²) in [5.41, 5.74) is 1.70. The average Bonchev–Trinajstić information content (AvgIpc) is 2.47. The molecule has 0 spiro atoms. The number of carboxylic acids is 1. The molecule has 1 aliphatic rings. The van der Waals surface area contributed by atoms with E-state index in [0.29, 0.717) is 18.7 Å². The van der Waals surface area contributed by atoms with E-state index in [4.69, 9.17) is 0 Å². The molecule has 1 aromatic rings. The number of carbonyl (C=O) groups excluding carboxylic acids is 1. The van der Waals surface area contributed by atoms with E-state index in [9.17, 15) is 14.7 Å². The minimum Gasteiger partial charge on any atom is -0.480 e. The molecule has 2 rings (SSSR count). The molecule has 1 aliphatic heterocycles. The van der Waals surface area contributed by atoms with Gasteiger partial charge in [0.1, 0.15) is 6.04 Å². The summed E-state index contributed by atoms with van der Waals surface area (Å²) in [6.45, 7) is 0.485. The molecule has 0 bridgehead atoms. The van der Waals surface area contributed by atoms with E-state index in [-0.39, 0.29) is 6.03 Å². The van der Waals surface area contributed by atoms with Gasteiger partial charge in [0.15, 0.2) is 0 Å². The number of carboxylic acid groups (broad SMARTS) is 1. The summed E-state index contributed by atoms with van der Waals surface area (Å²) in [7, 11) is 3.89. The van der Waals surface area contributed by atoms with Crippen LogP contribution >= 0.6 is 0 Å². The van der Waals surface area contributed by atoms with E-state index in [0.717, 1.165) is 18.5 Å². The molecule has 2 N–H and O–H groups in total. The first-order chi connectivity index (χ1) is 9.99. The average molecular weight is 291 g/mol. The van der Waals surface area contributed by atoms with Crippen molar-refractivity contribution < 1.29 is 14.7 Å². The number of hydrogen-bond donors (Lipinski definition) is 2. The maximum absolute atomic E-state index is 12.2. The second-order valence-corrected chi connectivity index (χ2v) is 5.41.